The van der Waals surface area contributed by atoms with Gasteiger partial charge in [0.15, 0.2) is 0 Å². The third kappa shape index (κ3) is 7.84. The molecule has 0 atom stereocenters. The minimum Gasteiger partial charge on any atom is -0.444 e. The van der Waals surface area contributed by atoms with Crippen LogP contribution >= 0.6 is 0 Å². The summed E-state index contributed by atoms with van der Waals surface area (Å²) in [7, 11) is 0. The molecule has 4 aliphatic rings. The molecule has 5 rings (SSSR count). The number of nitrogens with zero attached hydrogens (tertiary/aromatic N) is 3. The van der Waals surface area contributed by atoms with Gasteiger partial charge >= 0.3 is 12.1 Å². The lowest BCUT2D eigenvalue weighted by atomic mass is 9.49. The Kier molecular flexibility index (Phi) is 9.02. The number of hydrogen-bond donors (Lipinski definition) is 1. The molecule has 0 saturated heterocycles. The maximum Gasteiger partial charge on any atom is 0.410 e. The van der Waals surface area contributed by atoms with Gasteiger partial charge in [-0.3, -0.25) is 4.98 Å². The first-order chi connectivity index (χ1) is 17.6. The zero-order valence-electron chi connectivity index (χ0n) is 23.5. The lowest BCUT2D eigenvalue weighted by Gasteiger charge is -2.57. The summed E-state index contributed by atoms with van der Waals surface area (Å²) in [4.78, 5) is 33.8. The minimum absolute atomic E-state index is 0.0142. The van der Waals surface area contributed by atoms with Crippen molar-refractivity contribution in [1.82, 2.24) is 20.1 Å². The largest absolute Gasteiger partial charge is 0.444 e. The van der Waals surface area contributed by atoms with Crippen LogP contribution in [-0.2, 0) is 11.2 Å². The van der Waals surface area contributed by atoms with Gasteiger partial charge in [-0.1, -0.05) is 0 Å². The van der Waals surface area contributed by atoms with E-state index in [1.807, 2.05) is 57.1 Å². The number of rotatable bonds is 11. The molecule has 4 aliphatic carbocycles. The van der Waals surface area contributed by atoms with Crippen molar-refractivity contribution in [2.75, 3.05) is 32.7 Å². The lowest BCUT2D eigenvalue weighted by molar-refractivity contribution is -0.0597. The Balaban J connectivity index is 1.33. The second kappa shape index (κ2) is 12.0. The highest BCUT2D eigenvalue weighted by molar-refractivity contribution is 5.74. The Morgan fingerprint density at radius 2 is 1.59 bits per heavy atom. The Hall–Kier alpha value is -2.31. The molecule has 0 spiro atoms. The Labute approximate surface area is 223 Å². The van der Waals surface area contributed by atoms with E-state index in [2.05, 4.69) is 10.3 Å². The van der Waals surface area contributed by atoms with Crippen LogP contribution in [0.3, 0.4) is 0 Å². The van der Waals surface area contributed by atoms with Crippen LogP contribution in [0, 0.1) is 23.2 Å². The van der Waals surface area contributed by atoms with E-state index in [-0.39, 0.29) is 12.1 Å². The number of aryl methyl sites for hydroxylation is 1. The molecule has 0 radical (unpaired) electrons. The first-order valence-electron chi connectivity index (χ1n) is 14.5. The molecule has 7 heteroatoms. The average molecular weight is 513 g/mol. The molecule has 0 aromatic carbocycles. The van der Waals surface area contributed by atoms with Crippen LogP contribution in [0.1, 0.15) is 84.6 Å². The highest BCUT2D eigenvalue weighted by Gasteiger charge is 2.50. The molecule has 4 saturated carbocycles. The molecule has 37 heavy (non-hydrogen) atoms. The van der Waals surface area contributed by atoms with Crippen LogP contribution in [0.15, 0.2) is 24.5 Å². The molecular formula is C30H48N4O3. The average Bonchev–Trinajstić information content (AvgIpc) is 2.82. The van der Waals surface area contributed by atoms with Gasteiger partial charge in [-0.2, -0.15) is 0 Å². The Morgan fingerprint density at radius 3 is 2.16 bits per heavy atom. The van der Waals surface area contributed by atoms with Crippen molar-refractivity contribution < 1.29 is 14.3 Å². The van der Waals surface area contributed by atoms with E-state index in [9.17, 15) is 9.59 Å². The molecule has 1 heterocycles. The number of ether oxygens (including phenoxy) is 1. The molecule has 1 aromatic heterocycles. The zero-order chi connectivity index (χ0) is 26.5. The maximum atomic E-state index is 13.3. The fourth-order valence-electron chi connectivity index (χ4n) is 7.38. The van der Waals surface area contributed by atoms with Crippen LogP contribution in [0.25, 0.3) is 0 Å². The van der Waals surface area contributed by atoms with Crippen molar-refractivity contribution in [3.8, 4) is 0 Å². The summed E-state index contributed by atoms with van der Waals surface area (Å²) in [6, 6.07) is 4.03. The first-order valence-corrected chi connectivity index (χ1v) is 14.5. The molecular weight excluding hydrogens is 464 g/mol. The highest BCUT2D eigenvalue weighted by atomic mass is 16.6. The number of hydrogen-bond acceptors (Lipinski definition) is 4. The summed E-state index contributed by atoms with van der Waals surface area (Å²) in [5.74, 6) is 2.72. The molecule has 0 unspecified atom stereocenters. The molecule has 3 amide bonds. The second-order valence-electron chi connectivity index (χ2n) is 12.9. The molecule has 4 fully saturated rings. The molecule has 0 aliphatic heterocycles. The van der Waals surface area contributed by atoms with Gasteiger partial charge in [0.05, 0.1) is 0 Å². The topological polar surface area (TPSA) is 74.8 Å². The minimum atomic E-state index is -0.533. The van der Waals surface area contributed by atoms with Crippen LogP contribution in [-0.4, -0.2) is 65.2 Å². The van der Waals surface area contributed by atoms with Gasteiger partial charge < -0.3 is 19.9 Å². The van der Waals surface area contributed by atoms with Crippen molar-refractivity contribution in [3.05, 3.63) is 30.1 Å². The smallest absolute Gasteiger partial charge is 0.410 e. The van der Waals surface area contributed by atoms with Crippen molar-refractivity contribution in [2.45, 2.75) is 91.1 Å². The van der Waals surface area contributed by atoms with Gasteiger partial charge in [0.1, 0.15) is 5.60 Å². The van der Waals surface area contributed by atoms with Crippen LogP contribution < -0.4 is 5.32 Å². The van der Waals surface area contributed by atoms with Gasteiger partial charge in [0.25, 0.3) is 0 Å². The van der Waals surface area contributed by atoms with Gasteiger partial charge in [0.2, 0.25) is 0 Å². The number of urea groups is 1. The summed E-state index contributed by atoms with van der Waals surface area (Å²) < 4.78 is 5.59. The van der Waals surface area contributed by atoms with Gasteiger partial charge in [-0.05, 0) is 126 Å². The third-order valence-electron chi connectivity index (χ3n) is 8.71. The highest BCUT2D eigenvalue weighted by Crippen LogP contribution is 2.61. The maximum absolute atomic E-state index is 13.3. The van der Waals surface area contributed by atoms with E-state index < -0.39 is 5.60 Å². The predicted octanol–water partition coefficient (Wildman–Crippen LogP) is 5.89. The third-order valence-corrected chi connectivity index (χ3v) is 8.71. The number of carbonyl (C=O) groups excluding carboxylic acids is 2. The van der Waals surface area contributed by atoms with E-state index in [0.29, 0.717) is 31.6 Å². The van der Waals surface area contributed by atoms with E-state index in [1.165, 1.54) is 44.1 Å². The number of amides is 3. The molecule has 4 bridgehead atoms. The van der Waals surface area contributed by atoms with Crippen molar-refractivity contribution in [3.63, 3.8) is 0 Å². The fraction of sp³-hybridized carbons (Fsp3) is 0.767. The lowest BCUT2D eigenvalue weighted by Crippen LogP contribution is -2.50. The van der Waals surface area contributed by atoms with E-state index >= 15 is 0 Å². The quantitative estimate of drug-likeness (QED) is 0.375. The van der Waals surface area contributed by atoms with Gasteiger partial charge in [0, 0.05) is 45.1 Å². The number of aromatic nitrogens is 1. The van der Waals surface area contributed by atoms with Crippen molar-refractivity contribution >= 4 is 12.1 Å². The van der Waals surface area contributed by atoms with Crippen molar-refractivity contribution in [2.24, 2.45) is 23.2 Å². The molecule has 206 valence electrons. The first kappa shape index (κ1) is 27.7. The second-order valence-corrected chi connectivity index (χ2v) is 12.9. The fourth-order valence-corrected chi connectivity index (χ4v) is 7.38. The normalized spacial score (nSPS) is 26.1. The summed E-state index contributed by atoms with van der Waals surface area (Å²) in [6.45, 7) is 10.6. The number of carbonyl (C=O) groups is 2. The van der Waals surface area contributed by atoms with Crippen LogP contribution in [0.4, 0.5) is 9.59 Å². The Bertz CT molecular complexity index is 863. The summed E-state index contributed by atoms with van der Waals surface area (Å²) in [5.41, 5.74) is 1.12. The number of likely N-dealkylation sites (N-methyl/N-ethyl adjacent to an activating group) is 1. The predicted molar refractivity (Wildman–Crippen MR) is 146 cm³/mol. The number of pyridine rings is 1. The van der Waals surface area contributed by atoms with Gasteiger partial charge in [-0.15, -0.1) is 0 Å². The Morgan fingerprint density at radius 1 is 1.00 bits per heavy atom. The molecule has 1 aromatic rings. The molecule has 7 nitrogen and oxygen atoms in total. The van der Waals surface area contributed by atoms with Gasteiger partial charge in [-0.25, -0.2) is 9.59 Å². The SMILES string of the molecule is CCN(CCN(CCC12CC3CC(CC(C3)C1)C2)C(=O)NCCCc1ccncc1)C(=O)OC(C)(C)C. The van der Waals surface area contributed by atoms with Crippen molar-refractivity contribution in [1.29, 1.82) is 0 Å². The van der Waals surface area contributed by atoms with E-state index in [4.69, 9.17) is 4.74 Å². The van der Waals surface area contributed by atoms with E-state index in [1.54, 1.807) is 4.90 Å². The standard InChI is InChI=1S/C30H48N4O3/c1-5-33(28(36)37-29(2,3)4)15-16-34(27(35)32-11-6-7-23-8-12-31-13-9-23)14-10-30-20-24-17-25(21-30)19-26(18-24)22-30/h8-9,12-13,24-26H,5-7,10-11,14-22H2,1-4H3,(H,32,35). The summed E-state index contributed by atoms with van der Waals surface area (Å²) in [6.07, 6.45) is 14.5. The van der Waals surface area contributed by atoms with Crippen LogP contribution in [0.2, 0.25) is 0 Å². The number of nitrogens with one attached hydrogen (secondary N) is 1. The summed E-state index contributed by atoms with van der Waals surface area (Å²) in [5, 5.41) is 3.16. The zero-order valence-corrected chi connectivity index (χ0v) is 23.5. The van der Waals surface area contributed by atoms with E-state index in [0.717, 1.165) is 43.6 Å². The molecule has 1 N–H and O–H groups in total. The monoisotopic (exact) mass is 512 g/mol. The summed E-state index contributed by atoms with van der Waals surface area (Å²) >= 11 is 0. The van der Waals surface area contributed by atoms with Crippen LogP contribution in [0.5, 0.6) is 0 Å².